The number of benzene rings is 1. The number of rotatable bonds is 4. The standard InChI is InChI=1S/C16H24N2O2/c1-11-7-8-15(20-3)13(10-11)12(2)18-14-6-4-5-9-17-16(14)19/h7-8,10,12,14,18H,4-6,9H2,1-3H3,(H,17,19). The fourth-order valence-electron chi connectivity index (χ4n) is 2.68. The summed E-state index contributed by atoms with van der Waals surface area (Å²) in [4.78, 5) is 12.0. The lowest BCUT2D eigenvalue weighted by Gasteiger charge is -2.23. The van der Waals surface area contributed by atoms with Gasteiger partial charge in [0, 0.05) is 18.2 Å². The second-order valence-electron chi connectivity index (χ2n) is 5.47. The maximum atomic E-state index is 12.0. The molecular weight excluding hydrogens is 252 g/mol. The van der Waals surface area contributed by atoms with Crippen LogP contribution in [-0.2, 0) is 4.79 Å². The molecule has 1 amide bonds. The summed E-state index contributed by atoms with van der Waals surface area (Å²) in [7, 11) is 1.68. The van der Waals surface area contributed by atoms with E-state index < -0.39 is 0 Å². The zero-order chi connectivity index (χ0) is 14.5. The Labute approximate surface area is 120 Å². The Bertz CT molecular complexity index is 474. The number of nitrogens with one attached hydrogen (secondary N) is 2. The molecule has 2 rings (SSSR count). The number of amides is 1. The SMILES string of the molecule is COc1ccc(C)cc1C(C)NC1CCCCNC1=O. The monoisotopic (exact) mass is 276 g/mol. The number of carbonyl (C=O) groups excluding carboxylic acids is 1. The minimum atomic E-state index is -0.113. The van der Waals surface area contributed by atoms with Crippen molar-refractivity contribution in [3.8, 4) is 5.75 Å². The van der Waals surface area contributed by atoms with Crippen LogP contribution >= 0.6 is 0 Å². The van der Waals surface area contributed by atoms with Crippen LogP contribution in [0.5, 0.6) is 5.75 Å². The third-order valence-electron chi connectivity index (χ3n) is 3.84. The second kappa shape index (κ2) is 6.75. The van der Waals surface area contributed by atoms with Crippen molar-refractivity contribution in [2.75, 3.05) is 13.7 Å². The molecule has 1 aromatic carbocycles. The molecule has 2 atom stereocenters. The Balaban J connectivity index is 2.12. The lowest BCUT2D eigenvalue weighted by molar-refractivity contribution is -0.123. The van der Waals surface area contributed by atoms with Crippen LogP contribution in [0.25, 0.3) is 0 Å². The molecule has 20 heavy (non-hydrogen) atoms. The lowest BCUT2D eigenvalue weighted by atomic mass is 10.0. The van der Waals surface area contributed by atoms with Crippen LogP contribution < -0.4 is 15.4 Å². The highest BCUT2D eigenvalue weighted by Crippen LogP contribution is 2.26. The molecule has 2 unspecified atom stereocenters. The summed E-state index contributed by atoms with van der Waals surface area (Å²) in [5, 5.41) is 6.39. The largest absolute Gasteiger partial charge is 0.496 e. The molecule has 4 nitrogen and oxygen atoms in total. The van der Waals surface area contributed by atoms with E-state index in [0.29, 0.717) is 0 Å². The third-order valence-corrected chi connectivity index (χ3v) is 3.84. The first kappa shape index (κ1) is 14.9. The summed E-state index contributed by atoms with van der Waals surface area (Å²) in [6.45, 7) is 4.93. The van der Waals surface area contributed by atoms with E-state index in [1.165, 1.54) is 5.56 Å². The third kappa shape index (κ3) is 3.51. The van der Waals surface area contributed by atoms with Gasteiger partial charge in [-0.25, -0.2) is 0 Å². The Hall–Kier alpha value is -1.55. The van der Waals surface area contributed by atoms with Gasteiger partial charge in [-0.05, 0) is 39.2 Å². The molecule has 0 spiro atoms. The van der Waals surface area contributed by atoms with Crippen LogP contribution in [0.4, 0.5) is 0 Å². The molecule has 0 aliphatic carbocycles. The number of aryl methyl sites for hydroxylation is 1. The van der Waals surface area contributed by atoms with Gasteiger partial charge in [0.25, 0.3) is 0 Å². The van der Waals surface area contributed by atoms with Gasteiger partial charge in [-0.15, -0.1) is 0 Å². The quantitative estimate of drug-likeness (QED) is 0.887. The molecule has 1 saturated heterocycles. The van der Waals surface area contributed by atoms with Crippen molar-refractivity contribution in [2.24, 2.45) is 0 Å². The van der Waals surface area contributed by atoms with Gasteiger partial charge in [0.1, 0.15) is 5.75 Å². The Kier molecular flexibility index (Phi) is 5.01. The minimum absolute atomic E-state index is 0.0821. The van der Waals surface area contributed by atoms with Gasteiger partial charge >= 0.3 is 0 Å². The Morgan fingerprint density at radius 1 is 1.40 bits per heavy atom. The first-order valence-corrected chi connectivity index (χ1v) is 7.30. The maximum absolute atomic E-state index is 12.0. The molecule has 0 aromatic heterocycles. The van der Waals surface area contributed by atoms with Gasteiger partial charge in [0.2, 0.25) is 5.91 Å². The maximum Gasteiger partial charge on any atom is 0.237 e. The van der Waals surface area contributed by atoms with Gasteiger partial charge < -0.3 is 10.1 Å². The van der Waals surface area contributed by atoms with E-state index in [1.807, 2.05) is 12.1 Å². The predicted molar refractivity (Wildman–Crippen MR) is 79.9 cm³/mol. The Morgan fingerprint density at radius 2 is 2.20 bits per heavy atom. The summed E-state index contributed by atoms with van der Waals surface area (Å²) >= 11 is 0. The number of carbonyl (C=O) groups is 1. The van der Waals surface area contributed by atoms with Crippen molar-refractivity contribution < 1.29 is 9.53 Å². The van der Waals surface area contributed by atoms with E-state index in [1.54, 1.807) is 7.11 Å². The topological polar surface area (TPSA) is 50.4 Å². The van der Waals surface area contributed by atoms with E-state index in [4.69, 9.17) is 4.74 Å². The van der Waals surface area contributed by atoms with Crippen LogP contribution in [0.15, 0.2) is 18.2 Å². The van der Waals surface area contributed by atoms with Crippen LogP contribution in [0.3, 0.4) is 0 Å². The van der Waals surface area contributed by atoms with Gasteiger partial charge in [-0.2, -0.15) is 0 Å². The molecule has 1 aliphatic heterocycles. The van der Waals surface area contributed by atoms with E-state index in [2.05, 4.69) is 30.5 Å². The molecule has 0 radical (unpaired) electrons. The molecule has 4 heteroatoms. The molecule has 1 heterocycles. The first-order valence-electron chi connectivity index (χ1n) is 7.30. The fraction of sp³-hybridized carbons (Fsp3) is 0.562. The first-order chi connectivity index (χ1) is 9.61. The average molecular weight is 276 g/mol. The smallest absolute Gasteiger partial charge is 0.237 e. The molecule has 110 valence electrons. The van der Waals surface area contributed by atoms with Crippen LogP contribution in [0.1, 0.15) is 43.4 Å². The molecule has 1 fully saturated rings. The predicted octanol–water partition coefficient (Wildman–Crippen LogP) is 2.32. The van der Waals surface area contributed by atoms with Crippen molar-refractivity contribution in [3.63, 3.8) is 0 Å². The van der Waals surface area contributed by atoms with Crippen LogP contribution in [-0.4, -0.2) is 25.6 Å². The van der Waals surface area contributed by atoms with Gasteiger partial charge in [0.05, 0.1) is 13.2 Å². The van der Waals surface area contributed by atoms with Gasteiger partial charge in [-0.3, -0.25) is 10.1 Å². The molecule has 0 bridgehead atoms. The summed E-state index contributed by atoms with van der Waals surface area (Å²) in [5.74, 6) is 0.977. The molecule has 2 N–H and O–H groups in total. The van der Waals surface area contributed by atoms with Gasteiger partial charge in [0.15, 0.2) is 0 Å². The average Bonchev–Trinajstić information content (AvgIpc) is 2.64. The zero-order valence-corrected chi connectivity index (χ0v) is 12.5. The normalized spacial score (nSPS) is 20.9. The van der Waals surface area contributed by atoms with E-state index in [-0.39, 0.29) is 18.0 Å². The zero-order valence-electron chi connectivity index (χ0n) is 12.5. The Morgan fingerprint density at radius 3 is 2.95 bits per heavy atom. The second-order valence-corrected chi connectivity index (χ2v) is 5.47. The number of methoxy groups -OCH3 is 1. The number of hydrogen-bond donors (Lipinski definition) is 2. The van der Waals surface area contributed by atoms with Crippen molar-refractivity contribution in [1.82, 2.24) is 10.6 Å². The van der Waals surface area contributed by atoms with Gasteiger partial charge in [-0.1, -0.05) is 17.7 Å². The summed E-state index contributed by atoms with van der Waals surface area (Å²) < 4.78 is 5.42. The lowest BCUT2D eigenvalue weighted by Crippen LogP contribution is -2.43. The number of ether oxygens (including phenoxy) is 1. The minimum Gasteiger partial charge on any atom is -0.496 e. The molecule has 0 saturated carbocycles. The summed E-state index contributed by atoms with van der Waals surface area (Å²) in [6.07, 6.45) is 3.03. The molecule has 1 aromatic rings. The van der Waals surface area contributed by atoms with E-state index in [0.717, 1.165) is 37.1 Å². The van der Waals surface area contributed by atoms with Crippen molar-refractivity contribution in [3.05, 3.63) is 29.3 Å². The van der Waals surface area contributed by atoms with Crippen molar-refractivity contribution >= 4 is 5.91 Å². The molecule has 1 aliphatic rings. The highest BCUT2D eigenvalue weighted by molar-refractivity contribution is 5.82. The number of hydrogen-bond acceptors (Lipinski definition) is 3. The molecular formula is C16H24N2O2. The highest BCUT2D eigenvalue weighted by atomic mass is 16.5. The fourth-order valence-corrected chi connectivity index (χ4v) is 2.68. The van der Waals surface area contributed by atoms with Crippen LogP contribution in [0, 0.1) is 6.92 Å². The highest BCUT2D eigenvalue weighted by Gasteiger charge is 2.23. The summed E-state index contributed by atoms with van der Waals surface area (Å²) in [5.41, 5.74) is 2.30. The summed E-state index contributed by atoms with van der Waals surface area (Å²) in [6, 6.07) is 6.10. The van der Waals surface area contributed by atoms with E-state index in [9.17, 15) is 4.79 Å². The van der Waals surface area contributed by atoms with Crippen LogP contribution in [0.2, 0.25) is 0 Å². The van der Waals surface area contributed by atoms with Crippen molar-refractivity contribution in [1.29, 1.82) is 0 Å². The van der Waals surface area contributed by atoms with Crippen molar-refractivity contribution in [2.45, 2.75) is 45.2 Å². The van der Waals surface area contributed by atoms with E-state index >= 15 is 0 Å².